The number of H-pyrrole nitrogens is 1. The molecule has 7 nitrogen and oxygen atoms in total. The lowest BCUT2D eigenvalue weighted by Crippen LogP contribution is -2.10. The molecule has 1 N–H and O–H groups in total. The summed E-state index contributed by atoms with van der Waals surface area (Å²) >= 11 is 5.65. The van der Waals surface area contributed by atoms with Crippen molar-refractivity contribution in [3.05, 3.63) is 112 Å². The van der Waals surface area contributed by atoms with Crippen molar-refractivity contribution in [2.24, 2.45) is 0 Å². The lowest BCUT2D eigenvalue weighted by molar-refractivity contribution is 0.305. The molecule has 5 aromatic rings. The van der Waals surface area contributed by atoms with Crippen LogP contribution in [0.4, 0.5) is 0 Å². The van der Waals surface area contributed by atoms with Crippen molar-refractivity contribution in [2.75, 3.05) is 7.11 Å². The second kappa shape index (κ2) is 11.3. The van der Waals surface area contributed by atoms with Crippen molar-refractivity contribution in [2.45, 2.75) is 33.0 Å². The van der Waals surface area contributed by atoms with Gasteiger partial charge < -0.3 is 9.47 Å². The highest BCUT2D eigenvalue weighted by molar-refractivity contribution is 7.71. The van der Waals surface area contributed by atoms with Crippen molar-refractivity contribution in [3.8, 4) is 23.0 Å². The first-order valence-electron chi connectivity index (χ1n) is 12.2. The Morgan fingerprint density at radius 2 is 1.54 bits per heavy atom. The Balaban J connectivity index is 1.52. The van der Waals surface area contributed by atoms with Gasteiger partial charge in [-0.1, -0.05) is 72.8 Å². The molecule has 188 valence electrons. The van der Waals surface area contributed by atoms with Crippen molar-refractivity contribution >= 4 is 12.2 Å². The van der Waals surface area contributed by atoms with E-state index in [1.54, 1.807) is 7.11 Å². The number of aryl methyl sites for hydroxylation is 3. The Morgan fingerprint density at radius 3 is 2.22 bits per heavy atom. The minimum atomic E-state index is 0.433. The fourth-order valence-electron chi connectivity index (χ4n) is 4.28. The van der Waals surface area contributed by atoms with E-state index in [4.69, 9.17) is 26.8 Å². The minimum Gasteiger partial charge on any atom is -0.497 e. The van der Waals surface area contributed by atoms with Crippen LogP contribution in [0.1, 0.15) is 22.4 Å². The Kier molecular flexibility index (Phi) is 7.46. The summed E-state index contributed by atoms with van der Waals surface area (Å²) < 4.78 is 16.2. The molecule has 0 atom stereocenters. The second-order valence-electron chi connectivity index (χ2n) is 8.78. The topological polar surface area (TPSA) is 69.9 Å². The van der Waals surface area contributed by atoms with E-state index in [1.807, 2.05) is 64.7 Å². The van der Waals surface area contributed by atoms with Gasteiger partial charge in [0, 0.05) is 6.54 Å². The van der Waals surface area contributed by atoms with E-state index < -0.39 is 0 Å². The zero-order valence-electron chi connectivity index (χ0n) is 20.9. The summed E-state index contributed by atoms with van der Waals surface area (Å²) in [4.78, 5) is 0. The lowest BCUT2D eigenvalue weighted by Gasteiger charge is -2.13. The van der Waals surface area contributed by atoms with Crippen LogP contribution in [0.2, 0.25) is 0 Å². The van der Waals surface area contributed by atoms with Crippen LogP contribution in [-0.2, 0) is 26.1 Å². The molecular weight excluding hydrogens is 482 g/mol. The first-order valence-corrected chi connectivity index (χ1v) is 12.6. The highest BCUT2D eigenvalue weighted by Crippen LogP contribution is 2.33. The van der Waals surface area contributed by atoms with Gasteiger partial charge >= 0.3 is 0 Å². The predicted molar refractivity (Wildman–Crippen MR) is 146 cm³/mol. The molecule has 2 aromatic heterocycles. The maximum absolute atomic E-state index is 6.38. The number of rotatable bonds is 10. The van der Waals surface area contributed by atoms with Gasteiger partial charge in [-0.25, -0.2) is 0 Å². The maximum Gasteiger partial charge on any atom is 0.195 e. The quantitative estimate of drug-likeness (QED) is 0.233. The van der Waals surface area contributed by atoms with Crippen LogP contribution in [-0.4, -0.2) is 31.7 Å². The van der Waals surface area contributed by atoms with Crippen LogP contribution in [0.15, 0.2) is 84.9 Å². The SMILES string of the molecule is COc1ccc(Cn2c(-c3c(OCc4ccccc4)c(C)nn3CCc3ccccc3)n[nH]c2=S)cc1. The van der Waals surface area contributed by atoms with Crippen molar-refractivity contribution in [1.82, 2.24) is 24.5 Å². The number of benzene rings is 3. The molecule has 0 spiro atoms. The zero-order valence-corrected chi connectivity index (χ0v) is 21.7. The third-order valence-corrected chi connectivity index (χ3v) is 6.54. The van der Waals surface area contributed by atoms with Gasteiger partial charge in [-0.3, -0.25) is 14.3 Å². The van der Waals surface area contributed by atoms with E-state index in [1.165, 1.54) is 5.56 Å². The summed E-state index contributed by atoms with van der Waals surface area (Å²) in [6.45, 7) is 3.63. The van der Waals surface area contributed by atoms with Gasteiger partial charge in [0.15, 0.2) is 16.3 Å². The Bertz CT molecular complexity index is 1510. The Hall–Kier alpha value is -4.17. The van der Waals surface area contributed by atoms with Gasteiger partial charge in [-0.2, -0.15) is 10.2 Å². The highest BCUT2D eigenvalue weighted by Gasteiger charge is 2.24. The molecule has 5 rings (SSSR count). The molecule has 0 aliphatic carbocycles. The molecule has 0 radical (unpaired) electrons. The van der Waals surface area contributed by atoms with Crippen LogP contribution in [0, 0.1) is 11.7 Å². The van der Waals surface area contributed by atoms with Gasteiger partial charge in [-0.05, 0) is 54.4 Å². The van der Waals surface area contributed by atoms with Gasteiger partial charge in [0.05, 0.1) is 13.7 Å². The van der Waals surface area contributed by atoms with Crippen LogP contribution < -0.4 is 9.47 Å². The zero-order chi connectivity index (χ0) is 25.6. The van der Waals surface area contributed by atoms with Crippen molar-refractivity contribution in [1.29, 1.82) is 0 Å². The third kappa shape index (κ3) is 5.65. The molecule has 8 heteroatoms. The summed E-state index contributed by atoms with van der Waals surface area (Å²) in [5, 5.41) is 12.5. The summed E-state index contributed by atoms with van der Waals surface area (Å²) in [6.07, 6.45) is 0.830. The molecule has 2 heterocycles. The van der Waals surface area contributed by atoms with E-state index in [0.29, 0.717) is 36.0 Å². The van der Waals surface area contributed by atoms with Crippen LogP contribution in [0.25, 0.3) is 11.5 Å². The monoisotopic (exact) mass is 511 g/mol. The molecule has 0 fully saturated rings. The average molecular weight is 512 g/mol. The molecule has 0 amide bonds. The van der Waals surface area contributed by atoms with Gasteiger partial charge in [0.2, 0.25) is 0 Å². The predicted octanol–water partition coefficient (Wildman–Crippen LogP) is 5.99. The summed E-state index contributed by atoms with van der Waals surface area (Å²) in [5.74, 6) is 2.21. The minimum absolute atomic E-state index is 0.433. The first kappa shape index (κ1) is 24.5. The van der Waals surface area contributed by atoms with Crippen molar-refractivity contribution in [3.63, 3.8) is 0 Å². The Labute approximate surface area is 221 Å². The van der Waals surface area contributed by atoms with E-state index in [0.717, 1.165) is 34.7 Å². The molecule has 0 aliphatic rings. The van der Waals surface area contributed by atoms with Crippen LogP contribution in [0.3, 0.4) is 0 Å². The fraction of sp³-hybridized carbons (Fsp3) is 0.207. The normalized spacial score (nSPS) is 11.0. The number of hydrogen-bond acceptors (Lipinski definition) is 5. The van der Waals surface area contributed by atoms with Gasteiger partial charge in [-0.15, -0.1) is 0 Å². The fourth-order valence-corrected chi connectivity index (χ4v) is 4.48. The third-order valence-electron chi connectivity index (χ3n) is 6.22. The summed E-state index contributed by atoms with van der Waals surface area (Å²) in [5.41, 5.74) is 5.03. The molecular formula is C29H29N5O2S. The average Bonchev–Trinajstić information content (AvgIpc) is 3.45. The number of ether oxygens (including phenoxy) is 2. The molecule has 0 bridgehead atoms. The Morgan fingerprint density at radius 1 is 0.865 bits per heavy atom. The van der Waals surface area contributed by atoms with Crippen molar-refractivity contribution < 1.29 is 9.47 Å². The van der Waals surface area contributed by atoms with Crippen LogP contribution >= 0.6 is 12.2 Å². The van der Waals surface area contributed by atoms with Gasteiger partial charge in [0.1, 0.15) is 23.7 Å². The van der Waals surface area contributed by atoms with E-state index >= 15 is 0 Å². The molecule has 0 saturated heterocycles. The molecule has 3 aromatic carbocycles. The number of hydrogen-bond donors (Lipinski definition) is 1. The number of methoxy groups -OCH3 is 1. The molecule has 37 heavy (non-hydrogen) atoms. The standard InChI is InChI=1S/C29H29N5O2S/c1-21-27(36-20-24-11-7-4-8-12-24)26(34(32-21)18-17-22-9-5-3-6-10-22)28-30-31-29(37)33(28)19-23-13-15-25(35-2)16-14-23/h3-16H,17-20H2,1-2H3,(H,31,37). The van der Waals surface area contributed by atoms with Crippen LogP contribution in [0.5, 0.6) is 11.5 Å². The van der Waals surface area contributed by atoms with Gasteiger partial charge in [0.25, 0.3) is 0 Å². The smallest absolute Gasteiger partial charge is 0.195 e. The number of aromatic amines is 1. The molecule has 0 unspecified atom stereocenters. The first-order chi connectivity index (χ1) is 18.1. The number of aromatic nitrogens is 5. The molecule has 0 aliphatic heterocycles. The molecule has 0 saturated carbocycles. The maximum atomic E-state index is 6.38. The lowest BCUT2D eigenvalue weighted by atomic mass is 10.1. The van der Waals surface area contributed by atoms with E-state index in [2.05, 4.69) is 46.6 Å². The van der Waals surface area contributed by atoms with E-state index in [-0.39, 0.29) is 0 Å². The number of nitrogens with zero attached hydrogens (tertiary/aromatic N) is 4. The largest absolute Gasteiger partial charge is 0.497 e. The number of nitrogens with one attached hydrogen (secondary N) is 1. The summed E-state index contributed by atoms with van der Waals surface area (Å²) in [7, 11) is 1.66. The highest BCUT2D eigenvalue weighted by atomic mass is 32.1. The summed E-state index contributed by atoms with van der Waals surface area (Å²) in [6, 6.07) is 28.5. The second-order valence-corrected chi connectivity index (χ2v) is 9.17. The van der Waals surface area contributed by atoms with E-state index in [9.17, 15) is 0 Å².